The standard InChI is InChI=1S/C37H48N2O6SSi/c1-26(2)34(40)32-23-27-22-28(33(46(9,43)44)24-31(27)38(32)20-21-39(35(41)42)36(3,4)5)25-45-47(37(6,7)8,29-16-12-10-13-17-29)30-18-14-11-15-19-30/h10-19,22-24,26H,20-21,25H2,1-9H3,(H,41,42). The van der Waals surface area contributed by atoms with Crippen molar-refractivity contribution in [2.24, 2.45) is 5.92 Å². The summed E-state index contributed by atoms with van der Waals surface area (Å²) < 4.78 is 35.7. The lowest BCUT2D eigenvalue weighted by Crippen LogP contribution is -2.66. The minimum Gasteiger partial charge on any atom is -0.465 e. The van der Waals surface area contributed by atoms with E-state index >= 15 is 0 Å². The Bertz CT molecular complexity index is 1810. The molecule has 1 N–H and O–H groups in total. The van der Waals surface area contributed by atoms with E-state index in [0.717, 1.165) is 10.4 Å². The number of hydrogen-bond acceptors (Lipinski definition) is 5. The lowest BCUT2D eigenvalue weighted by atomic mass is 10.1. The average molecular weight is 677 g/mol. The highest BCUT2D eigenvalue weighted by Crippen LogP contribution is 2.38. The van der Waals surface area contributed by atoms with Crippen LogP contribution in [0.5, 0.6) is 0 Å². The molecular weight excluding hydrogens is 629 g/mol. The molecule has 0 aliphatic carbocycles. The summed E-state index contributed by atoms with van der Waals surface area (Å²) in [5, 5.41) is 12.5. The van der Waals surface area contributed by atoms with Gasteiger partial charge < -0.3 is 19.0 Å². The molecule has 4 aromatic rings. The van der Waals surface area contributed by atoms with Crippen LogP contribution in [0.4, 0.5) is 4.79 Å². The van der Waals surface area contributed by atoms with Crippen molar-refractivity contribution in [3.8, 4) is 0 Å². The van der Waals surface area contributed by atoms with Crippen LogP contribution >= 0.6 is 0 Å². The molecule has 3 aromatic carbocycles. The van der Waals surface area contributed by atoms with Gasteiger partial charge in [0.2, 0.25) is 0 Å². The molecule has 10 heteroatoms. The molecule has 47 heavy (non-hydrogen) atoms. The number of carbonyl (C=O) groups excluding carboxylic acids is 1. The van der Waals surface area contributed by atoms with Crippen LogP contribution in [0.3, 0.4) is 0 Å². The van der Waals surface area contributed by atoms with Crippen molar-refractivity contribution in [1.29, 1.82) is 0 Å². The summed E-state index contributed by atoms with van der Waals surface area (Å²) in [4.78, 5) is 27.0. The number of carbonyl (C=O) groups is 2. The smallest absolute Gasteiger partial charge is 0.407 e. The third kappa shape index (κ3) is 7.40. The highest BCUT2D eigenvalue weighted by Gasteiger charge is 2.50. The van der Waals surface area contributed by atoms with Crippen LogP contribution < -0.4 is 10.4 Å². The summed E-state index contributed by atoms with van der Waals surface area (Å²) in [6.45, 7) is 15.9. The summed E-state index contributed by atoms with van der Waals surface area (Å²) in [6.07, 6.45) is 0.116. The van der Waals surface area contributed by atoms with E-state index in [9.17, 15) is 23.1 Å². The van der Waals surface area contributed by atoms with Gasteiger partial charge in [-0.1, -0.05) is 95.3 Å². The minimum atomic E-state index is -3.74. The fourth-order valence-electron chi connectivity index (χ4n) is 6.40. The lowest BCUT2D eigenvalue weighted by molar-refractivity contribution is 0.0922. The number of ketones is 1. The van der Waals surface area contributed by atoms with Crippen molar-refractivity contribution < 1.29 is 27.5 Å². The maximum absolute atomic E-state index is 13.5. The van der Waals surface area contributed by atoms with Gasteiger partial charge >= 0.3 is 6.09 Å². The first-order chi connectivity index (χ1) is 21.8. The molecule has 1 aromatic heterocycles. The van der Waals surface area contributed by atoms with Gasteiger partial charge in [-0.05, 0) is 59.9 Å². The van der Waals surface area contributed by atoms with E-state index in [1.807, 2.05) is 77.1 Å². The van der Waals surface area contributed by atoms with Gasteiger partial charge in [-0.2, -0.15) is 0 Å². The molecule has 1 heterocycles. The molecule has 0 fully saturated rings. The van der Waals surface area contributed by atoms with Crippen LogP contribution in [0.2, 0.25) is 5.04 Å². The van der Waals surface area contributed by atoms with Gasteiger partial charge in [-0.15, -0.1) is 0 Å². The summed E-state index contributed by atoms with van der Waals surface area (Å²) in [7, 11) is -6.73. The van der Waals surface area contributed by atoms with Gasteiger partial charge in [-0.25, -0.2) is 13.2 Å². The highest BCUT2D eigenvalue weighted by atomic mass is 32.2. The topological polar surface area (TPSA) is 106 Å². The Morgan fingerprint density at radius 1 is 0.894 bits per heavy atom. The first kappa shape index (κ1) is 36.1. The Morgan fingerprint density at radius 3 is 1.85 bits per heavy atom. The molecule has 0 saturated heterocycles. The monoisotopic (exact) mass is 676 g/mol. The average Bonchev–Trinajstić information content (AvgIpc) is 3.33. The van der Waals surface area contributed by atoms with E-state index < -0.39 is 29.8 Å². The summed E-state index contributed by atoms with van der Waals surface area (Å²) >= 11 is 0. The van der Waals surface area contributed by atoms with Crippen LogP contribution in [0.1, 0.15) is 71.4 Å². The Hall–Kier alpha value is -3.73. The van der Waals surface area contributed by atoms with Crippen LogP contribution in [0.25, 0.3) is 10.9 Å². The van der Waals surface area contributed by atoms with E-state index in [-0.39, 0.29) is 41.3 Å². The number of Topliss-reactive ketones (excluding diaryl/α,β-unsaturated/α-hetero) is 1. The number of aromatic nitrogens is 1. The largest absolute Gasteiger partial charge is 0.465 e. The quantitative estimate of drug-likeness (QED) is 0.139. The number of nitrogens with zero attached hydrogens (tertiary/aromatic N) is 2. The normalized spacial score (nSPS) is 12.9. The predicted molar refractivity (Wildman–Crippen MR) is 191 cm³/mol. The number of rotatable bonds is 11. The summed E-state index contributed by atoms with van der Waals surface area (Å²) in [5.74, 6) is -0.423. The Balaban J connectivity index is 1.91. The molecule has 0 bridgehead atoms. The van der Waals surface area contributed by atoms with Gasteiger partial charge in [0.15, 0.2) is 15.6 Å². The summed E-state index contributed by atoms with van der Waals surface area (Å²) in [5.41, 5.74) is 0.817. The fraction of sp³-hybridized carbons (Fsp3) is 0.405. The number of sulfone groups is 1. The molecule has 0 saturated carbocycles. The van der Waals surface area contributed by atoms with Gasteiger partial charge in [-0.3, -0.25) is 4.79 Å². The second-order valence-electron chi connectivity index (χ2n) is 14.5. The molecule has 0 atom stereocenters. The first-order valence-corrected chi connectivity index (χ1v) is 19.7. The van der Waals surface area contributed by atoms with Crippen molar-refractivity contribution in [3.05, 3.63) is 90.1 Å². The van der Waals surface area contributed by atoms with Crippen molar-refractivity contribution in [1.82, 2.24) is 9.47 Å². The van der Waals surface area contributed by atoms with Crippen LogP contribution in [-0.2, 0) is 27.4 Å². The van der Waals surface area contributed by atoms with Crippen molar-refractivity contribution in [3.63, 3.8) is 0 Å². The maximum Gasteiger partial charge on any atom is 0.407 e. The number of fused-ring (bicyclic) bond motifs is 1. The second-order valence-corrected chi connectivity index (χ2v) is 20.8. The van der Waals surface area contributed by atoms with Crippen molar-refractivity contribution in [2.75, 3.05) is 12.8 Å². The SMILES string of the molecule is CC(C)C(=O)c1cc2cc(CO[Si](c3ccccc3)(c3ccccc3)C(C)(C)C)c(S(C)(=O)=O)cc2n1CCN(C(=O)O)C(C)(C)C. The first-order valence-electron chi connectivity index (χ1n) is 15.9. The molecule has 0 aliphatic rings. The molecule has 8 nitrogen and oxygen atoms in total. The Labute approximate surface area is 280 Å². The predicted octanol–water partition coefficient (Wildman–Crippen LogP) is 6.74. The summed E-state index contributed by atoms with van der Waals surface area (Å²) in [6, 6.07) is 25.6. The van der Waals surface area contributed by atoms with Gasteiger partial charge in [0.05, 0.1) is 17.2 Å². The number of amides is 1. The van der Waals surface area contributed by atoms with Crippen molar-refractivity contribution >= 4 is 51.3 Å². The third-order valence-corrected chi connectivity index (χ3v) is 14.9. The highest BCUT2D eigenvalue weighted by molar-refractivity contribution is 7.90. The number of benzene rings is 3. The molecule has 0 unspecified atom stereocenters. The van der Waals surface area contributed by atoms with E-state index in [1.54, 1.807) is 16.7 Å². The second kappa shape index (κ2) is 13.4. The maximum atomic E-state index is 13.5. The van der Waals surface area contributed by atoms with E-state index in [0.29, 0.717) is 22.2 Å². The lowest BCUT2D eigenvalue weighted by Gasteiger charge is -2.43. The number of hydrogen-bond donors (Lipinski definition) is 1. The van der Waals surface area contributed by atoms with E-state index in [4.69, 9.17) is 4.43 Å². The zero-order chi connectivity index (χ0) is 34.9. The molecule has 0 aliphatic heterocycles. The molecule has 1 amide bonds. The Kier molecular flexibility index (Phi) is 10.3. The fourth-order valence-corrected chi connectivity index (χ4v) is 11.8. The molecular formula is C37H48N2O6SSi. The van der Waals surface area contributed by atoms with E-state index in [2.05, 4.69) is 45.0 Å². The van der Waals surface area contributed by atoms with Gasteiger partial charge in [0.25, 0.3) is 8.32 Å². The third-order valence-electron chi connectivity index (χ3n) is 8.71. The van der Waals surface area contributed by atoms with Crippen molar-refractivity contribution in [2.45, 2.75) is 84.0 Å². The van der Waals surface area contributed by atoms with Crippen LogP contribution in [0.15, 0.2) is 83.8 Å². The molecule has 4 rings (SSSR count). The van der Waals surface area contributed by atoms with E-state index in [1.165, 1.54) is 11.2 Å². The van der Waals surface area contributed by atoms with Gasteiger partial charge in [0.1, 0.15) is 0 Å². The minimum absolute atomic E-state index is 0.0427. The molecule has 252 valence electrons. The van der Waals surface area contributed by atoms with Crippen LogP contribution in [-0.4, -0.2) is 61.5 Å². The number of carboxylic acid groups (broad SMARTS) is 1. The zero-order valence-corrected chi connectivity index (χ0v) is 30.8. The molecule has 0 radical (unpaired) electrons. The molecule has 0 spiro atoms. The zero-order valence-electron chi connectivity index (χ0n) is 29.0. The Morgan fingerprint density at radius 2 is 1.43 bits per heavy atom. The van der Waals surface area contributed by atoms with Crippen LogP contribution in [0, 0.1) is 5.92 Å². The van der Waals surface area contributed by atoms with Gasteiger partial charge in [0, 0.05) is 41.7 Å².